The van der Waals surface area contributed by atoms with Crippen molar-refractivity contribution < 1.29 is 34.1 Å². The molecule has 1 heterocycles. The van der Waals surface area contributed by atoms with Crippen molar-refractivity contribution in [3.63, 3.8) is 0 Å². The fraction of sp³-hybridized carbons (Fsp3) is 0.500. The lowest BCUT2D eigenvalue weighted by molar-refractivity contribution is -0.133. The number of benzene rings is 2. The molecule has 0 spiro atoms. The first kappa shape index (κ1) is 30.3. The number of carbonyl (C=O) groups excluding carboxylic acids is 3. The largest absolute Gasteiger partial charge is 0.494 e. The Kier molecular flexibility index (Phi) is 11.5. The number of carbonyl (C=O) groups is 3. The van der Waals surface area contributed by atoms with Gasteiger partial charge in [0.2, 0.25) is 5.91 Å². The van der Waals surface area contributed by atoms with E-state index in [1.165, 1.54) is 5.56 Å². The lowest BCUT2D eigenvalue weighted by Gasteiger charge is -2.24. The Morgan fingerprint density at radius 3 is 2.36 bits per heavy atom. The van der Waals surface area contributed by atoms with Crippen LogP contribution in [0.15, 0.2) is 54.6 Å². The van der Waals surface area contributed by atoms with Crippen molar-refractivity contribution in [1.29, 1.82) is 0 Å². The number of unbranched alkanes of at least 4 members (excludes halogenated alkanes) is 2. The third kappa shape index (κ3) is 9.16. The van der Waals surface area contributed by atoms with Crippen molar-refractivity contribution in [2.45, 2.75) is 63.6 Å². The van der Waals surface area contributed by atoms with E-state index in [1.807, 2.05) is 32.0 Å². The first-order chi connectivity index (χ1) is 18.8. The first-order valence-electron chi connectivity index (χ1n) is 13.6. The number of aliphatic hydroxyl groups is 2. The quantitative estimate of drug-likeness (QED) is 0.179. The van der Waals surface area contributed by atoms with Gasteiger partial charge in [0.1, 0.15) is 11.8 Å². The van der Waals surface area contributed by atoms with Crippen LogP contribution in [-0.4, -0.2) is 71.9 Å². The zero-order valence-corrected chi connectivity index (χ0v) is 22.7. The fourth-order valence-electron chi connectivity index (χ4n) is 4.30. The van der Waals surface area contributed by atoms with Crippen LogP contribution in [-0.2, 0) is 20.7 Å². The van der Waals surface area contributed by atoms with Gasteiger partial charge in [-0.2, -0.15) is 0 Å². The van der Waals surface area contributed by atoms with E-state index in [0.29, 0.717) is 18.8 Å². The van der Waals surface area contributed by atoms with Gasteiger partial charge in [-0.1, -0.05) is 50.2 Å². The molecule has 2 aromatic carbocycles. The van der Waals surface area contributed by atoms with Gasteiger partial charge < -0.3 is 30.3 Å². The zero-order chi connectivity index (χ0) is 28.3. The summed E-state index contributed by atoms with van der Waals surface area (Å²) < 4.78 is 11.0. The van der Waals surface area contributed by atoms with Gasteiger partial charge in [0.15, 0.2) is 11.4 Å². The highest BCUT2D eigenvalue weighted by molar-refractivity contribution is 6.00. The van der Waals surface area contributed by atoms with Gasteiger partial charge in [-0.3, -0.25) is 14.4 Å². The van der Waals surface area contributed by atoms with Gasteiger partial charge in [-0.15, -0.1) is 0 Å². The summed E-state index contributed by atoms with van der Waals surface area (Å²) in [7, 11) is 0. The second kappa shape index (κ2) is 14.8. The highest BCUT2D eigenvalue weighted by Crippen LogP contribution is 2.30. The van der Waals surface area contributed by atoms with Crippen LogP contribution in [0.5, 0.6) is 5.75 Å². The van der Waals surface area contributed by atoms with Crippen LogP contribution in [0.25, 0.3) is 0 Å². The smallest absolute Gasteiger partial charge is 0.252 e. The molecule has 1 fully saturated rings. The Labute approximate surface area is 229 Å². The third-order valence-corrected chi connectivity index (χ3v) is 6.66. The summed E-state index contributed by atoms with van der Waals surface area (Å²) in [6.07, 6.45) is 4.33. The van der Waals surface area contributed by atoms with E-state index in [1.54, 1.807) is 24.3 Å². The molecule has 212 valence electrons. The molecular formula is C30H40N2O7. The van der Waals surface area contributed by atoms with Gasteiger partial charge in [-0.05, 0) is 61.8 Å². The zero-order valence-electron chi connectivity index (χ0n) is 22.7. The third-order valence-electron chi connectivity index (χ3n) is 6.66. The lowest BCUT2D eigenvalue weighted by atomic mass is 9.92. The number of epoxide rings is 1. The van der Waals surface area contributed by atoms with E-state index in [9.17, 15) is 24.6 Å². The molecule has 39 heavy (non-hydrogen) atoms. The predicted molar refractivity (Wildman–Crippen MR) is 146 cm³/mol. The number of Topliss-reactive ketones (excluding diaryl/α,β-unsaturated/α-hetero) is 1. The molecule has 1 aliphatic heterocycles. The molecule has 1 saturated heterocycles. The molecule has 3 rings (SSSR count). The molecule has 2 amide bonds. The monoisotopic (exact) mass is 540 g/mol. The van der Waals surface area contributed by atoms with E-state index >= 15 is 0 Å². The van der Waals surface area contributed by atoms with Gasteiger partial charge in [0, 0.05) is 5.56 Å². The summed E-state index contributed by atoms with van der Waals surface area (Å²) in [6.45, 7) is 3.29. The Morgan fingerprint density at radius 2 is 1.72 bits per heavy atom. The minimum Gasteiger partial charge on any atom is -0.494 e. The molecule has 0 bridgehead atoms. The van der Waals surface area contributed by atoms with Crippen LogP contribution in [0.2, 0.25) is 0 Å². The van der Waals surface area contributed by atoms with Crippen molar-refractivity contribution in [2.24, 2.45) is 5.92 Å². The van der Waals surface area contributed by atoms with Crippen LogP contribution >= 0.6 is 0 Å². The molecular weight excluding hydrogens is 500 g/mol. The van der Waals surface area contributed by atoms with Crippen molar-refractivity contribution in [3.8, 4) is 5.75 Å². The Hall–Kier alpha value is -3.27. The highest BCUT2D eigenvalue weighted by atomic mass is 16.6. The average molecular weight is 541 g/mol. The topological polar surface area (TPSA) is 137 Å². The number of aryl methyl sites for hydroxylation is 1. The molecule has 0 saturated carbocycles. The number of nitrogens with one attached hydrogen (secondary N) is 2. The molecule has 0 radical (unpaired) electrons. The van der Waals surface area contributed by atoms with E-state index in [2.05, 4.69) is 22.8 Å². The molecule has 0 aromatic heterocycles. The number of aliphatic hydroxyl groups excluding tert-OH is 2. The maximum atomic E-state index is 12.9. The number of amides is 2. The standard InChI is InChI=1S/C30H40N2O7/c1-21(2)16-25(27(35)30(19-34)20-39-30)31-29(37)26(18-33)32-28(36)23-13-9-14-24(17-23)38-15-8-4-7-12-22-10-5-3-6-11-22/h3,5-6,9-11,13-14,17,21,25-26,33-34H,4,7-8,12,15-16,18-20H2,1-2H3,(H,31,37)(H,32,36)/t25-,26-,30?/m0/s1. The fourth-order valence-corrected chi connectivity index (χ4v) is 4.30. The molecule has 2 aromatic rings. The minimum absolute atomic E-state index is 0.0718. The molecule has 0 aliphatic carbocycles. The Morgan fingerprint density at radius 1 is 0.974 bits per heavy atom. The van der Waals surface area contributed by atoms with Gasteiger partial charge >= 0.3 is 0 Å². The van der Waals surface area contributed by atoms with Crippen molar-refractivity contribution in [1.82, 2.24) is 10.6 Å². The van der Waals surface area contributed by atoms with Gasteiger partial charge in [0.05, 0.1) is 32.5 Å². The summed E-state index contributed by atoms with van der Waals surface area (Å²) in [5.74, 6) is -1.05. The number of ketones is 1. The van der Waals surface area contributed by atoms with Crippen molar-refractivity contribution in [3.05, 3.63) is 65.7 Å². The second-order valence-corrected chi connectivity index (χ2v) is 10.4. The van der Waals surface area contributed by atoms with E-state index in [0.717, 1.165) is 25.7 Å². The summed E-state index contributed by atoms with van der Waals surface area (Å²) in [5, 5.41) is 24.5. The maximum absolute atomic E-state index is 12.9. The molecule has 4 N–H and O–H groups in total. The van der Waals surface area contributed by atoms with Crippen LogP contribution in [0.3, 0.4) is 0 Å². The van der Waals surface area contributed by atoms with Gasteiger partial charge in [0.25, 0.3) is 5.91 Å². The lowest BCUT2D eigenvalue weighted by Crippen LogP contribution is -2.55. The number of rotatable bonds is 17. The minimum atomic E-state index is -1.28. The van der Waals surface area contributed by atoms with Crippen LogP contribution < -0.4 is 15.4 Å². The predicted octanol–water partition coefficient (Wildman–Crippen LogP) is 2.43. The van der Waals surface area contributed by atoms with Crippen LogP contribution in [0.1, 0.15) is 55.5 Å². The molecule has 1 unspecified atom stereocenters. The molecule has 9 nitrogen and oxygen atoms in total. The molecule has 1 aliphatic rings. The van der Waals surface area contributed by atoms with Gasteiger partial charge in [-0.25, -0.2) is 0 Å². The number of ether oxygens (including phenoxy) is 2. The molecule has 9 heteroatoms. The first-order valence-corrected chi connectivity index (χ1v) is 13.6. The second-order valence-electron chi connectivity index (χ2n) is 10.4. The van der Waals surface area contributed by atoms with E-state index in [-0.39, 0.29) is 18.1 Å². The van der Waals surface area contributed by atoms with Crippen LogP contribution in [0.4, 0.5) is 0 Å². The normalized spacial score (nSPS) is 17.8. The van der Waals surface area contributed by atoms with Crippen LogP contribution in [0, 0.1) is 5.92 Å². The van der Waals surface area contributed by atoms with Crippen molar-refractivity contribution >= 4 is 17.6 Å². The Balaban J connectivity index is 1.49. The highest BCUT2D eigenvalue weighted by Gasteiger charge is 2.54. The summed E-state index contributed by atoms with van der Waals surface area (Å²) in [5.41, 5.74) is 0.316. The number of hydrogen-bond acceptors (Lipinski definition) is 7. The Bertz CT molecular complexity index is 1090. The van der Waals surface area contributed by atoms with Crippen molar-refractivity contribution in [2.75, 3.05) is 26.4 Å². The van der Waals surface area contributed by atoms with E-state index < -0.39 is 48.5 Å². The SMILES string of the molecule is CC(C)C[C@H](NC(=O)[C@H](CO)NC(=O)c1cccc(OCCCCCc2ccccc2)c1)C(=O)C1(CO)CO1. The number of hydrogen-bond donors (Lipinski definition) is 4. The maximum Gasteiger partial charge on any atom is 0.252 e. The molecule has 3 atom stereocenters. The summed E-state index contributed by atoms with van der Waals surface area (Å²) >= 11 is 0. The summed E-state index contributed by atoms with van der Waals surface area (Å²) in [6, 6.07) is 14.8. The van der Waals surface area contributed by atoms with E-state index in [4.69, 9.17) is 9.47 Å². The average Bonchev–Trinajstić information content (AvgIpc) is 3.74. The summed E-state index contributed by atoms with van der Waals surface area (Å²) in [4.78, 5) is 38.6.